The van der Waals surface area contributed by atoms with Crippen molar-refractivity contribution in [3.63, 3.8) is 0 Å². The highest BCUT2D eigenvalue weighted by Crippen LogP contribution is 2.14. The quantitative estimate of drug-likeness (QED) is 0.797. The predicted octanol–water partition coefficient (Wildman–Crippen LogP) is 1.58. The normalized spacial score (nSPS) is 10.2. The van der Waals surface area contributed by atoms with Gasteiger partial charge < -0.3 is 15.7 Å². The Balaban J connectivity index is 1.93. The van der Waals surface area contributed by atoms with Crippen molar-refractivity contribution in [1.82, 2.24) is 15.1 Å². The molecule has 0 spiro atoms. The number of anilines is 1. The van der Waals surface area contributed by atoms with Crippen LogP contribution >= 0.6 is 0 Å². The lowest BCUT2D eigenvalue weighted by Crippen LogP contribution is -2.28. The first kappa shape index (κ1) is 14.5. The number of halogens is 1. The number of nitrogens with zero attached hydrogens (tertiary/aromatic N) is 2. The molecule has 7 nitrogen and oxygen atoms in total. The second-order valence-electron chi connectivity index (χ2n) is 4.29. The van der Waals surface area contributed by atoms with Gasteiger partial charge in [0.05, 0.1) is 17.8 Å². The van der Waals surface area contributed by atoms with Gasteiger partial charge in [-0.3, -0.25) is 4.68 Å². The van der Waals surface area contributed by atoms with Gasteiger partial charge in [0.2, 0.25) is 0 Å². The van der Waals surface area contributed by atoms with Gasteiger partial charge in [-0.15, -0.1) is 0 Å². The van der Waals surface area contributed by atoms with Crippen LogP contribution in [0, 0.1) is 5.82 Å². The maximum Gasteiger partial charge on any atom is 0.338 e. The number of carbonyl (C=O) groups is 2. The van der Waals surface area contributed by atoms with E-state index in [9.17, 15) is 14.0 Å². The van der Waals surface area contributed by atoms with Crippen LogP contribution in [-0.2, 0) is 13.6 Å². The molecule has 2 amide bonds. The molecule has 0 bridgehead atoms. The Morgan fingerprint density at radius 2 is 2.14 bits per heavy atom. The van der Waals surface area contributed by atoms with Crippen LogP contribution in [0.4, 0.5) is 14.9 Å². The lowest BCUT2D eigenvalue weighted by molar-refractivity contribution is 0.0692. The molecule has 21 heavy (non-hydrogen) atoms. The number of urea groups is 1. The maximum atomic E-state index is 13.4. The van der Waals surface area contributed by atoms with E-state index in [-0.39, 0.29) is 12.2 Å². The Kier molecular flexibility index (Phi) is 4.17. The molecule has 110 valence electrons. The van der Waals surface area contributed by atoms with Gasteiger partial charge in [-0.2, -0.15) is 5.10 Å². The van der Waals surface area contributed by atoms with Crippen molar-refractivity contribution in [2.24, 2.45) is 7.05 Å². The Labute approximate surface area is 119 Å². The molecule has 8 heteroatoms. The van der Waals surface area contributed by atoms with Gasteiger partial charge in [0.15, 0.2) is 0 Å². The molecule has 2 aromatic rings. The number of nitrogens with one attached hydrogen (secondary N) is 2. The summed E-state index contributed by atoms with van der Waals surface area (Å²) in [6.45, 7) is 0.225. The Bertz CT molecular complexity index is 684. The largest absolute Gasteiger partial charge is 0.478 e. The molecule has 0 unspecified atom stereocenters. The number of aromatic carboxylic acids is 1. The molecular formula is C13H13FN4O3. The summed E-state index contributed by atoms with van der Waals surface area (Å²) in [5.74, 6) is -2.27. The first-order valence-corrected chi connectivity index (χ1v) is 6.02. The molecule has 0 saturated heterocycles. The standard InChI is InChI=1S/C13H13FN4O3/c1-18-5-4-9(17-18)7-15-13(21)16-8-2-3-10(12(19)20)11(14)6-8/h2-6H,7H2,1H3,(H,19,20)(H2,15,16,21). The molecule has 2 rings (SSSR count). The van der Waals surface area contributed by atoms with Crippen LogP contribution in [0.2, 0.25) is 0 Å². The molecule has 0 aliphatic rings. The average Bonchev–Trinajstić information content (AvgIpc) is 2.82. The smallest absolute Gasteiger partial charge is 0.338 e. The van der Waals surface area contributed by atoms with Crippen LogP contribution in [0.1, 0.15) is 16.1 Å². The lowest BCUT2D eigenvalue weighted by Gasteiger charge is -2.07. The molecule has 0 fully saturated rings. The van der Waals surface area contributed by atoms with E-state index in [4.69, 9.17) is 5.11 Å². The molecule has 0 radical (unpaired) electrons. The Morgan fingerprint density at radius 1 is 1.38 bits per heavy atom. The minimum Gasteiger partial charge on any atom is -0.478 e. The van der Waals surface area contributed by atoms with Crippen LogP contribution < -0.4 is 10.6 Å². The van der Waals surface area contributed by atoms with Crippen LogP contribution in [-0.4, -0.2) is 26.9 Å². The summed E-state index contributed by atoms with van der Waals surface area (Å²) in [7, 11) is 1.76. The third-order valence-corrected chi connectivity index (χ3v) is 2.66. The molecule has 0 aliphatic carbocycles. The molecular weight excluding hydrogens is 279 g/mol. The van der Waals surface area contributed by atoms with Crippen molar-refractivity contribution in [2.75, 3.05) is 5.32 Å². The number of rotatable bonds is 4. The Hall–Kier alpha value is -2.90. The van der Waals surface area contributed by atoms with Crippen molar-refractivity contribution >= 4 is 17.7 Å². The maximum absolute atomic E-state index is 13.4. The SMILES string of the molecule is Cn1ccc(CNC(=O)Nc2ccc(C(=O)O)c(F)c2)n1. The van der Waals surface area contributed by atoms with E-state index in [1.807, 2.05) is 0 Å². The van der Waals surface area contributed by atoms with E-state index >= 15 is 0 Å². The van der Waals surface area contributed by atoms with Crippen LogP contribution in [0.15, 0.2) is 30.5 Å². The molecule has 0 saturated carbocycles. The molecule has 3 N–H and O–H groups in total. The van der Waals surface area contributed by atoms with Crippen LogP contribution in [0.25, 0.3) is 0 Å². The number of benzene rings is 1. The minimum absolute atomic E-state index is 0.163. The summed E-state index contributed by atoms with van der Waals surface area (Å²) in [4.78, 5) is 22.3. The highest BCUT2D eigenvalue weighted by molar-refractivity contribution is 5.91. The fourth-order valence-corrected chi connectivity index (χ4v) is 1.67. The number of hydrogen-bond donors (Lipinski definition) is 3. The first-order chi connectivity index (χ1) is 9.95. The second kappa shape index (κ2) is 6.04. The van der Waals surface area contributed by atoms with Crippen molar-refractivity contribution in [1.29, 1.82) is 0 Å². The van der Waals surface area contributed by atoms with Gasteiger partial charge in [0.1, 0.15) is 5.82 Å². The predicted molar refractivity (Wildman–Crippen MR) is 72.4 cm³/mol. The third kappa shape index (κ3) is 3.78. The Morgan fingerprint density at radius 3 is 2.71 bits per heavy atom. The number of carboxylic acids is 1. The topological polar surface area (TPSA) is 96.2 Å². The highest BCUT2D eigenvalue weighted by Gasteiger charge is 2.11. The average molecular weight is 292 g/mol. The van der Waals surface area contributed by atoms with E-state index in [1.54, 1.807) is 24.0 Å². The van der Waals surface area contributed by atoms with Gasteiger partial charge in [-0.05, 0) is 24.3 Å². The zero-order valence-corrected chi connectivity index (χ0v) is 11.1. The van der Waals surface area contributed by atoms with Crippen molar-refractivity contribution in [3.8, 4) is 0 Å². The number of carboxylic acid groups (broad SMARTS) is 1. The van der Waals surface area contributed by atoms with Crippen molar-refractivity contribution in [3.05, 3.63) is 47.5 Å². The van der Waals surface area contributed by atoms with E-state index in [1.165, 1.54) is 6.07 Å². The summed E-state index contributed by atoms with van der Waals surface area (Å²) in [5, 5.41) is 17.7. The fourth-order valence-electron chi connectivity index (χ4n) is 1.67. The summed E-state index contributed by atoms with van der Waals surface area (Å²) >= 11 is 0. The molecule has 1 heterocycles. The fraction of sp³-hybridized carbons (Fsp3) is 0.154. The molecule has 1 aromatic carbocycles. The highest BCUT2D eigenvalue weighted by atomic mass is 19.1. The number of carbonyl (C=O) groups excluding carboxylic acids is 1. The van der Waals surface area contributed by atoms with E-state index in [2.05, 4.69) is 15.7 Å². The van der Waals surface area contributed by atoms with Gasteiger partial charge in [0, 0.05) is 18.9 Å². The number of amides is 2. The summed E-state index contributed by atoms with van der Waals surface area (Å²) < 4.78 is 15.0. The minimum atomic E-state index is -1.36. The summed E-state index contributed by atoms with van der Waals surface area (Å²) in [5.41, 5.74) is 0.394. The van der Waals surface area contributed by atoms with E-state index in [0.717, 1.165) is 12.1 Å². The van der Waals surface area contributed by atoms with Crippen LogP contribution in [0.5, 0.6) is 0 Å². The third-order valence-electron chi connectivity index (χ3n) is 2.66. The van der Waals surface area contributed by atoms with E-state index < -0.39 is 23.4 Å². The number of hydrogen-bond acceptors (Lipinski definition) is 3. The van der Waals surface area contributed by atoms with Gasteiger partial charge in [-0.1, -0.05) is 0 Å². The van der Waals surface area contributed by atoms with Gasteiger partial charge in [0.25, 0.3) is 0 Å². The van der Waals surface area contributed by atoms with Crippen molar-refractivity contribution in [2.45, 2.75) is 6.54 Å². The van der Waals surface area contributed by atoms with Gasteiger partial charge >= 0.3 is 12.0 Å². The molecule has 1 aromatic heterocycles. The number of aryl methyl sites for hydroxylation is 1. The zero-order chi connectivity index (χ0) is 15.4. The first-order valence-electron chi connectivity index (χ1n) is 6.02. The summed E-state index contributed by atoms with van der Waals surface area (Å²) in [6, 6.07) is 4.56. The number of aromatic nitrogens is 2. The van der Waals surface area contributed by atoms with E-state index in [0.29, 0.717) is 5.69 Å². The summed E-state index contributed by atoms with van der Waals surface area (Å²) in [6.07, 6.45) is 1.74. The lowest BCUT2D eigenvalue weighted by atomic mass is 10.2. The molecule has 0 aliphatic heterocycles. The van der Waals surface area contributed by atoms with Gasteiger partial charge in [-0.25, -0.2) is 14.0 Å². The van der Waals surface area contributed by atoms with Crippen LogP contribution in [0.3, 0.4) is 0 Å². The van der Waals surface area contributed by atoms with Crippen molar-refractivity contribution < 1.29 is 19.1 Å². The monoisotopic (exact) mass is 292 g/mol. The zero-order valence-electron chi connectivity index (χ0n) is 11.1. The molecule has 0 atom stereocenters. The second-order valence-corrected chi connectivity index (χ2v) is 4.29.